The van der Waals surface area contributed by atoms with Crippen LogP contribution in [-0.4, -0.2) is 38.3 Å². The minimum atomic E-state index is -0.245. The van der Waals surface area contributed by atoms with Gasteiger partial charge in [0.15, 0.2) is 11.5 Å². The van der Waals surface area contributed by atoms with E-state index < -0.39 is 0 Å². The molecule has 7 nitrogen and oxygen atoms in total. The Morgan fingerprint density at radius 3 is 2.23 bits per heavy atom. The number of ether oxygens (including phenoxy) is 4. The number of aromatic nitrogens is 1. The summed E-state index contributed by atoms with van der Waals surface area (Å²) in [7, 11) is 4.67. The molecule has 0 spiro atoms. The Morgan fingerprint density at radius 1 is 1.04 bits per heavy atom. The summed E-state index contributed by atoms with van der Waals surface area (Å²) in [6, 6.07) is 6.84. The number of carbonyl (C=O) groups is 1. The normalized spacial score (nSPS) is 10.4. The van der Waals surface area contributed by atoms with Crippen molar-refractivity contribution in [1.29, 1.82) is 0 Å². The lowest BCUT2D eigenvalue weighted by atomic mass is 10.1. The van der Waals surface area contributed by atoms with Crippen molar-refractivity contribution in [2.24, 2.45) is 0 Å². The van der Waals surface area contributed by atoms with Crippen LogP contribution in [0.1, 0.15) is 29.8 Å². The standard InChI is InChI=1S/C19H24N2O5/c1-12(2)26-18-7-6-13(10-20-18)19(22)21-11-14-8-16(24-4)17(25-5)9-15(14)23-3/h6-10,12H,11H2,1-5H3,(H,21,22). The maximum absolute atomic E-state index is 12.3. The second kappa shape index (κ2) is 8.94. The topological polar surface area (TPSA) is 78.9 Å². The zero-order valence-corrected chi connectivity index (χ0v) is 15.7. The van der Waals surface area contributed by atoms with Crippen molar-refractivity contribution in [2.45, 2.75) is 26.5 Å². The first-order valence-electron chi connectivity index (χ1n) is 8.18. The lowest BCUT2D eigenvalue weighted by Crippen LogP contribution is -2.23. The molecule has 2 aromatic rings. The maximum atomic E-state index is 12.3. The van der Waals surface area contributed by atoms with Crippen LogP contribution >= 0.6 is 0 Å². The molecule has 0 aliphatic carbocycles. The van der Waals surface area contributed by atoms with Crippen LogP contribution in [0.2, 0.25) is 0 Å². The number of hydrogen-bond acceptors (Lipinski definition) is 6. The van der Waals surface area contributed by atoms with Crippen LogP contribution in [0.15, 0.2) is 30.5 Å². The number of methoxy groups -OCH3 is 3. The Hall–Kier alpha value is -2.96. The van der Waals surface area contributed by atoms with Gasteiger partial charge in [0.1, 0.15) is 5.75 Å². The first kappa shape index (κ1) is 19.4. The third kappa shape index (κ3) is 4.78. The third-order valence-electron chi connectivity index (χ3n) is 3.58. The summed E-state index contributed by atoms with van der Waals surface area (Å²) in [6.45, 7) is 4.10. The molecule has 0 radical (unpaired) electrons. The molecule has 1 heterocycles. The first-order chi connectivity index (χ1) is 12.5. The van der Waals surface area contributed by atoms with Gasteiger partial charge in [0.25, 0.3) is 5.91 Å². The Morgan fingerprint density at radius 2 is 1.69 bits per heavy atom. The summed E-state index contributed by atoms with van der Waals surface area (Å²) in [5.41, 5.74) is 1.21. The van der Waals surface area contributed by atoms with Crippen LogP contribution in [0, 0.1) is 0 Å². The molecule has 1 aromatic heterocycles. The quantitative estimate of drug-likeness (QED) is 0.780. The van der Waals surface area contributed by atoms with Gasteiger partial charge in [-0.15, -0.1) is 0 Å². The van der Waals surface area contributed by atoms with Crippen molar-refractivity contribution in [3.63, 3.8) is 0 Å². The van der Waals surface area contributed by atoms with Gasteiger partial charge in [0.05, 0.1) is 33.0 Å². The van der Waals surface area contributed by atoms with Gasteiger partial charge in [-0.2, -0.15) is 0 Å². The summed E-state index contributed by atoms with van der Waals surface area (Å²) in [5.74, 6) is 1.96. The van der Waals surface area contributed by atoms with Crippen molar-refractivity contribution in [2.75, 3.05) is 21.3 Å². The molecule has 26 heavy (non-hydrogen) atoms. The molecule has 2 rings (SSSR count). The number of hydrogen-bond donors (Lipinski definition) is 1. The van der Waals surface area contributed by atoms with E-state index in [9.17, 15) is 4.79 Å². The van der Waals surface area contributed by atoms with E-state index in [1.54, 1.807) is 45.6 Å². The minimum Gasteiger partial charge on any atom is -0.496 e. The van der Waals surface area contributed by atoms with Crippen molar-refractivity contribution < 1.29 is 23.7 Å². The van der Waals surface area contributed by atoms with Crippen LogP contribution in [0.25, 0.3) is 0 Å². The Balaban J connectivity index is 2.09. The highest BCUT2D eigenvalue weighted by Gasteiger charge is 2.13. The molecule has 1 N–H and O–H groups in total. The van der Waals surface area contributed by atoms with Crippen LogP contribution in [0.5, 0.6) is 23.1 Å². The largest absolute Gasteiger partial charge is 0.496 e. The van der Waals surface area contributed by atoms with Crippen LogP contribution in [0.4, 0.5) is 0 Å². The molecule has 0 atom stereocenters. The number of amides is 1. The SMILES string of the molecule is COc1cc(OC)c(OC)cc1CNC(=O)c1ccc(OC(C)C)nc1. The number of nitrogens with one attached hydrogen (secondary N) is 1. The zero-order chi connectivity index (χ0) is 19.1. The predicted octanol–water partition coefficient (Wildman–Crippen LogP) is 2.82. The second-order valence-electron chi connectivity index (χ2n) is 5.75. The average molecular weight is 360 g/mol. The van der Waals surface area contributed by atoms with Crippen molar-refractivity contribution in [1.82, 2.24) is 10.3 Å². The molecule has 0 bridgehead atoms. The molecule has 1 amide bonds. The lowest BCUT2D eigenvalue weighted by Gasteiger charge is -2.14. The Labute approximate surface area is 153 Å². The van der Waals surface area contributed by atoms with Gasteiger partial charge < -0.3 is 24.3 Å². The Bertz CT molecular complexity index is 744. The van der Waals surface area contributed by atoms with Crippen LogP contribution in [0.3, 0.4) is 0 Å². The summed E-state index contributed by atoms with van der Waals surface area (Å²) >= 11 is 0. The predicted molar refractivity (Wildman–Crippen MR) is 97.3 cm³/mol. The van der Waals surface area contributed by atoms with Crippen LogP contribution in [-0.2, 0) is 6.54 Å². The number of nitrogens with zero attached hydrogens (tertiary/aromatic N) is 1. The second-order valence-corrected chi connectivity index (χ2v) is 5.75. The number of benzene rings is 1. The number of carbonyl (C=O) groups excluding carboxylic acids is 1. The van der Waals surface area contributed by atoms with E-state index in [1.807, 2.05) is 13.8 Å². The third-order valence-corrected chi connectivity index (χ3v) is 3.58. The molecule has 0 unspecified atom stereocenters. The molecule has 140 valence electrons. The molecular formula is C19H24N2O5. The Kier molecular flexibility index (Phi) is 6.66. The summed E-state index contributed by atoms with van der Waals surface area (Å²) in [5, 5.41) is 2.84. The summed E-state index contributed by atoms with van der Waals surface area (Å²) < 4.78 is 21.4. The van der Waals surface area contributed by atoms with Crippen molar-refractivity contribution in [3.8, 4) is 23.1 Å². The molecule has 0 saturated carbocycles. The molecule has 1 aromatic carbocycles. The van der Waals surface area contributed by atoms with Gasteiger partial charge in [0, 0.05) is 30.4 Å². The van der Waals surface area contributed by atoms with Crippen LogP contribution < -0.4 is 24.3 Å². The van der Waals surface area contributed by atoms with Gasteiger partial charge in [0.2, 0.25) is 5.88 Å². The smallest absolute Gasteiger partial charge is 0.253 e. The molecule has 7 heteroatoms. The summed E-state index contributed by atoms with van der Waals surface area (Å²) in [6.07, 6.45) is 1.51. The van der Waals surface area contributed by atoms with E-state index in [1.165, 1.54) is 6.20 Å². The van der Waals surface area contributed by atoms with E-state index in [2.05, 4.69) is 10.3 Å². The van der Waals surface area contributed by atoms with E-state index in [4.69, 9.17) is 18.9 Å². The molecule has 0 saturated heterocycles. The highest BCUT2D eigenvalue weighted by Crippen LogP contribution is 2.34. The fourth-order valence-electron chi connectivity index (χ4n) is 2.33. The van der Waals surface area contributed by atoms with Gasteiger partial charge >= 0.3 is 0 Å². The van der Waals surface area contributed by atoms with Crippen molar-refractivity contribution >= 4 is 5.91 Å². The molecule has 0 aliphatic rings. The number of pyridine rings is 1. The van der Waals surface area contributed by atoms with Gasteiger partial charge in [-0.3, -0.25) is 4.79 Å². The molecule has 0 aliphatic heterocycles. The van der Waals surface area contributed by atoms with Crippen molar-refractivity contribution in [3.05, 3.63) is 41.6 Å². The summed E-state index contributed by atoms with van der Waals surface area (Å²) in [4.78, 5) is 16.5. The van der Waals surface area contributed by atoms with E-state index >= 15 is 0 Å². The monoisotopic (exact) mass is 360 g/mol. The fraction of sp³-hybridized carbons (Fsp3) is 0.368. The lowest BCUT2D eigenvalue weighted by molar-refractivity contribution is 0.0950. The zero-order valence-electron chi connectivity index (χ0n) is 15.7. The fourth-order valence-corrected chi connectivity index (χ4v) is 2.33. The highest BCUT2D eigenvalue weighted by atomic mass is 16.5. The van der Waals surface area contributed by atoms with E-state index in [-0.39, 0.29) is 18.6 Å². The van der Waals surface area contributed by atoms with E-state index in [0.29, 0.717) is 28.7 Å². The average Bonchev–Trinajstić information content (AvgIpc) is 2.65. The van der Waals surface area contributed by atoms with Gasteiger partial charge in [-0.05, 0) is 26.0 Å². The first-order valence-corrected chi connectivity index (χ1v) is 8.18. The highest BCUT2D eigenvalue weighted by molar-refractivity contribution is 5.93. The minimum absolute atomic E-state index is 0.0275. The van der Waals surface area contributed by atoms with Gasteiger partial charge in [-0.25, -0.2) is 4.98 Å². The number of rotatable bonds is 8. The van der Waals surface area contributed by atoms with E-state index in [0.717, 1.165) is 5.56 Å². The molecular weight excluding hydrogens is 336 g/mol. The van der Waals surface area contributed by atoms with Gasteiger partial charge in [-0.1, -0.05) is 0 Å². The maximum Gasteiger partial charge on any atom is 0.253 e. The molecule has 0 fully saturated rings.